The number of hydrogen-bond acceptors (Lipinski definition) is 4. The zero-order chi connectivity index (χ0) is 12.8. The largest absolute Gasteiger partial charge is 0.309 e. The van der Waals surface area contributed by atoms with E-state index >= 15 is 0 Å². The topological polar surface area (TPSA) is 68.1 Å². The van der Waals surface area contributed by atoms with Crippen molar-refractivity contribution in [3.05, 3.63) is 70.0 Å². The van der Waals surface area contributed by atoms with E-state index in [1.807, 2.05) is 18.2 Å². The van der Waals surface area contributed by atoms with Crippen LogP contribution in [0.4, 0.5) is 5.69 Å². The highest BCUT2D eigenvalue weighted by molar-refractivity contribution is 5.85. The van der Waals surface area contributed by atoms with Gasteiger partial charge in [0.25, 0.3) is 5.69 Å². The number of halogens is 1. The highest BCUT2D eigenvalue weighted by atomic mass is 35.5. The third kappa shape index (κ3) is 4.65. The van der Waals surface area contributed by atoms with Crippen LogP contribution in [0.25, 0.3) is 0 Å². The van der Waals surface area contributed by atoms with E-state index in [1.54, 1.807) is 24.5 Å². The summed E-state index contributed by atoms with van der Waals surface area (Å²) < 4.78 is 0. The number of benzene rings is 1. The van der Waals surface area contributed by atoms with Gasteiger partial charge >= 0.3 is 0 Å². The van der Waals surface area contributed by atoms with Crippen molar-refractivity contribution in [1.29, 1.82) is 0 Å². The smallest absolute Gasteiger partial charge is 0.269 e. The predicted molar refractivity (Wildman–Crippen MR) is 75.1 cm³/mol. The zero-order valence-electron chi connectivity index (χ0n) is 10.2. The molecule has 5 nitrogen and oxygen atoms in total. The van der Waals surface area contributed by atoms with Crippen LogP contribution in [0.15, 0.2) is 48.8 Å². The van der Waals surface area contributed by atoms with Crippen molar-refractivity contribution >= 4 is 18.1 Å². The first-order valence-electron chi connectivity index (χ1n) is 5.58. The summed E-state index contributed by atoms with van der Waals surface area (Å²) in [6, 6.07) is 10.5. The fourth-order valence-electron chi connectivity index (χ4n) is 1.63. The Labute approximate surface area is 117 Å². The Balaban J connectivity index is 0.00000180. The van der Waals surface area contributed by atoms with Crippen LogP contribution in [0.5, 0.6) is 0 Å². The van der Waals surface area contributed by atoms with Gasteiger partial charge in [-0.1, -0.05) is 18.2 Å². The fraction of sp³-hybridized carbons (Fsp3) is 0.154. The number of aromatic nitrogens is 1. The summed E-state index contributed by atoms with van der Waals surface area (Å²) >= 11 is 0. The number of nitrogens with one attached hydrogen (secondary N) is 1. The highest BCUT2D eigenvalue weighted by Crippen LogP contribution is 2.12. The van der Waals surface area contributed by atoms with Crippen LogP contribution < -0.4 is 5.32 Å². The van der Waals surface area contributed by atoms with Crippen LogP contribution in [0.1, 0.15) is 11.1 Å². The molecule has 0 aliphatic carbocycles. The summed E-state index contributed by atoms with van der Waals surface area (Å²) in [6.07, 6.45) is 3.52. The van der Waals surface area contributed by atoms with Gasteiger partial charge in [-0.15, -0.1) is 12.4 Å². The molecule has 1 aromatic heterocycles. The fourth-order valence-corrected chi connectivity index (χ4v) is 1.63. The molecule has 1 aromatic carbocycles. The Hall–Kier alpha value is -1.98. The first-order valence-corrected chi connectivity index (χ1v) is 5.58. The predicted octanol–water partition coefficient (Wildman–Crippen LogP) is 2.70. The maximum absolute atomic E-state index is 10.6. The van der Waals surface area contributed by atoms with E-state index in [1.165, 1.54) is 6.07 Å². The van der Waals surface area contributed by atoms with Gasteiger partial charge in [-0.25, -0.2) is 0 Å². The van der Waals surface area contributed by atoms with Crippen molar-refractivity contribution in [3.63, 3.8) is 0 Å². The number of nitro benzene ring substituents is 1. The molecule has 2 aromatic rings. The van der Waals surface area contributed by atoms with E-state index in [-0.39, 0.29) is 23.0 Å². The minimum Gasteiger partial charge on any atom is -0.309 e. The molecule has 6 heteroatoms. The summed E-state index contributed by atoms with van der Waals surface area (Å²) in [4.78, 5) is 14.3. The van der Waals surface area contributed by atoms with E-state index in [4.69, 9.17) is 0 Å². The van der Waals surface area contributed by atoms with Crippen molar-refractivity contribution in [2.75, 3.05) is 0 Å². The van der Waals surface area contributed by atoms with Gasteiger partial charge in [-0.2, -0.15) is 0 Å². The highest BCUT2D eigenvalue weighted by Gasteiger charge is 2.04. The van der Waals surface area contributed by atoms with Crippen molar-refractivity contribution in [2.24, 2.45) is 0 Å². The molecular weight excluding hydrogens is 266 g/mol. The second-order valence-electron chi connectivity index (χ2n) is 3.89. The maximum atomic E-state index is 10.6. The van der Waals surface area contributed by atoms with Gasteiger partial charge in [-0.3, -0.25) is 15.1 Å². The molecule has 0 amide bonds. The lowest BCUT2D eigenvalue weighted by atomic mass is 10.2. The minimum absolute atomic E-state index is 0. The van der Waals surface area contributed by atoms with E-state index in [0.29, 0.717) is 13.1 Å². The molecule has 0 aliphatic rings. The van der Waals surface area contributed by atoms with Crippen LogP contribution >= 0.6 is 12.4 Å². The molecule has 1 heterocycles. The number of nitro groups is 1. The first kappa shape index (κ1) is 15.1. The molecule has 0 spiro atoms. The van der Waals surface area contributed by atoms with Gasteiger partial charge in [0.2, 0.25) is 0 Å². The summed E-state index contributed by atoms with van der Waals surface area (Å²) in [6.45, 7) is 1.28. The number of hydrogen-bond donors (Lipinski definition) is 1. The van der Waals surface area contributed by atoms with E-state index in [2.05, 4.69) is 10.3 Å². The second-order valence-corrected chi connectivity index (χ2v) is 3.89. The molecule has 1 N–H and O–H groups in total. The first-order chi connectivity index (χ1) is 8.75. The van der Waals surface area contributed by atoms with Gasteiger partial charge in [0, 0.05) is 37.6 Å². The standard InChI is InChI=1S/C13H13N3O2.ClH/c17-16(18)13-5-1-3-11(7-13)8-15-10-12-4-2-6-14-9-12;/h1-7,9,15H,8,10H2;1H. The quantitative estimate of drug-likeness (QED) is 0.675. The molecule has 0 fully saturated rings. The van der Waals surface area contributed by atoms with Gasteiger partial charge < -0.3 is 5.32 Å². The average molecular weight is 280 g/mol. The molecular formula is C13H14ClN3O2. The Morgan fingerprint density at radius 3 is 2.58 bits per heavy atom. The van der Waals surface area contributed by atoms with Gasteiger partial charge in [0.1, 0.15) is 0 Å². The lowest BCUT2D eigenvalue weighted by Gasteiger charge is -2.04. The second kappa shape index (κ2) is 7.45. The maximum Gasteiger partial charge on any atom is 0.269 e. The third-order valence-electron chi connectivity index (χ3n) is 2.50. The van der Waals surface area contributed by atoms with Crippen molar-refractivity contribution in [2.45, 2.75) is 13.1 Å². The lowest BCUT2D eigenvalue weighted by Crippen LogP contribution is -2.12. The number of pyridine rings is 1. The average Bonchev–Trinajstić information content (AvgIpc) is 2.40. The number of non-ortho nitro benzene ring substituents is 1. The minimum atomic E-state index is -0.384. The summed E-state index contributed by atoms with van der Waals surface area (Å²) in [7, 11) is 0. The van der Waals surface area contributed by atoms with Gasteiger partial charge in [0.15, 0.2) is 0 Å². The summed E-state index contributed by atoms with van der Waals surface area (Å²) in [5, 5.41) is 13.8. The molecule has 0 radical (unpaired) electrons. The van der Waals surface area contributed by atoms with Gasteiger partial charge in [0.05, 0.1) is 4.92 Å². The molecule has 0 saturated heterocycles. The van der Waals surface area contributed by atoms with Crippen LogP contribution in [-0.2, 0) is 13.1 Å². The molecule has 2 rings (SSSR count). The van der Waals surface area contributed by atoms with E-state index < -0.39 is 0 Å². The molecule has 19 heavy (non-hydrogen) atoms. The summed E-state index contributed by atoms with van der Waals surface area (Å²) in [5.41, 5.74) is 2.10. The summed E-state index contributed by atoms with van der Waals surface area (Å²) in [5.74, 6) is 0. The third-order valence-corrected chi connectivity index (χ3v) is 2.50. The molecule has 100 valence electrons. The van der Waals surface area contributed by atoms with Crippen molar-refractivity contribution < 1.29 is 4.92 Å². The normalized spacial score (nSPS) is 9.68. The molecule has 0 aliphatic heterocycles. The van der Waals surface area contributed by atoms with E-state index in [9.17, 15) is 10.1 Å². The zero-order valence-corrected chi connectivity index (χ0v) is 11.0. The Kier molecular flexibility index (Phi) is 5.92. The van der Waals surface area contributed by atoms with E-state index in [0.717, 1.165) is 11.1 Å². The molecule has 0 bridgehead atoms. The lowest BCUT2D eigenvalue weighted by molar-refractivity contribution is -0.384. The molecule has 0 atom stereocenters. The number of rotatable bonds is 5. The van der Waals surface area contributed by atoms with Crippen LogP contribution in [0.3, 0.4) is 0 Å². The van der Waals surface area contributed by atoms with Crippen LogP contribution in [0.2, 0.25) is 0 Å². The van der Waals surface area contributed by atoms with Crippen LogP contribution in [-0.4, -0.2) is 9.91 Å². The molecule has 0 unspecified atom stereocenters. The Bertz CT molecular complexity index is 534. The van der Waals surface area contributed by atoms with Crippen LogP contribution in [0, 0.1) is 10.1 Å². The monoisotopic (exact) mass is 279 g/mol. The number of nitrogens with zero attached hydrogens (tertiary/aromatic N) is 2. The van der Waals surface area contributed by atoms with Crippen molar-refractivity contribution in [1.82, 2.24) is 10.3 Å². The molecule has 0 saturated carbocycles. The Morgan fingerprint density at radius 2 is 1.89 bits per heavy atom. The Morgan fingerprint density at radius 1 is 1.16 bits per heavy atom. The van der Waals surface area contributed by atoms with Gasteiger partial charge in [-0.05, 0) is 17.2 Å². The SMILES string of the molecule is Cl.O=[N+]([O-])c1cccc(CNCc2cccnc2)c1. The van der Waals surface area contributed by atoms with Crippen molar-refractivity contribution in [3.8, 4) is 0 Å².